The summed E-state index contributed by atoms with van der Waals surface area (Å²) in [5.74, 6) is -0.502. The highest BCUT2D eigenvalue weighted by Gasteiger charge is 2.40. The molecule has 2 atom stereocenters. The maximum atomic E-state index is 12.4. The molecular formula is C14H23NO5. The van der Waals surface area contributed by atoms with Gasteiger partial charge in [-0.15, -0.1) is 0 Å². The van der Waals surface area contributed by atoms with Crippen LogP contribution in [-0.2, 0) is 23.8 Å². The van der Waals surface area contributed by atoms with E-state index in [1.165, 1.54) is 0 Å². The van der Waals surface area contributed by atoms with E-state index in [0.717, 1.165) is 6.42 Å². The Labute approximate surface area is 119 Å². The van der Waals surface area contributed by atoms with Crippen molar-refractivity contribution in [1.82, 2.24) is 4.90 Å². The second-order valence-electron chi connectivity index (χ2n) is 6.16. The molecule has 2 fully saturated rings. The summed E-state index contributed by atoms with van der Waals surface area (Å²) < 4.78 is 16.0. The molecule has 20 heavy (non-hydrogen) atoms. The molecule has 0 aromatic heterocycles. The van der Waals surface area contributed by atoms with E-state index < -0.39 is 17.7 Å². The summed E-state index contributed by atoms with van der Waals surface area (Å²) >= 11 is 0. The average Bonchev–Trinajstić information content (AvgIpc) is 2.86. The Morgan fingerprint density at radius 1 is 1.25 bits per heavy atom. The van der Waals surface area contributed by atoms with E-state index in [9.17, 15) is 9.59 Å². The number of esters is 1. The average molecular weight is 285 g/mol. The van der Waals surface area contributed by atoms with Gasteiger partial charge < -0.3 is 19.1 Å². The molecule has 0 spiro atoms. The summed E-state index contributed by atoms with van der Waals surface area (Å²) in [7, 11) is 0. The van der Waals surface area contributed by atoms with Crippen molar-refractivity contribution in [3.8, 4) is 0 Å². The van der Waals surface area contributed by atoms with Crippen LogP contribution in [0.25, 0.3) is 0 Å². The molecule has 1 amide bonds. The summed E-state index contributed by atoms with van der Waals surface area (Å²) in [6, 6.07) is -0.493. The van der Waals surface area contributed by atoms with Crippen LogP contribution in [0.4, 0.5) is 0 Å². The zero-order chi connectivity index (χ0) is 14.8. The second-order valence-corrected chi connectivity index (χ2v) is 6.16. The van der Waals surface area contributed by atoms with Gasteiger partial charge in [-0.3, -0.25) is 4.79 Å². The normalized spacial score (nSPS) is 27.4. The van der Waals surface area contributed by atoms with E-state index in [1.807, 2.05) is 20.8 Å². The molecule has 1 unspecified atom stereocenters. The maximum Gasteiger partial charge on any atom is 0.329 e. The smallest absolute Gasteiger partial charge is 0.329 e. The highest BCUT2D eigenvalue weighted by molar-refractivity contribution is 5.88. The van der Waals surface area contributed by atoms with Crippen LogP contribution >= 0.6 is 0 Å². The standard InChI is InChI=1S/C14H23NO5/c1-14(2,3)20-13(17)10-5-4-6-15(10)12(16)11-9-18-7-8-19-11/h10-11H,4-9H2,1-3H3/t10-,11?/m1/s1. The summed E-state index contributed by atoms with van der Waals surface area (Å²) in [5.41, 5.74) is -0.543. The first-order valence-electron chi connectivity index (χ1n) is 7.11. The van der Waals surface area contributed by atoms with Gasteiger partial charge in [0, 0.05) is 6.54 Å². The topological polar surface area (TPSA) is 65.1 Å². The number of ether oxygens (including phenoxy) is 3. The molecule has 114 valence electrons. The molecule has 2 aliphatic heterocycles. The van der Waals surface area contributed by atoms with Gasteiger partial charge in [0.05, 0.1) is 19.8 Å². The minimum Gasteiger partial charge on any atom is -0.458 e. The van der Waals surface area contributed by atoms with Gasteiger partial charge in [-0.2, -0.15) is 0 Å². The maximum absolute atomic E-state index is 12.4. The Hall–Kier alpha value is -1.14. The van der Waals surface area contributed by atoms with E-state index in [0.29, 0.717) is 26.2 Å². The van der Waals surface area contributed by atoms with Crippen molar-refractivity contribution in [2.45, 2.75) is 51.4 Å². The molecule has 0 bridgehead atoms. The fourth-order valence-corrected chi connectivity index (χ4v) is 2.46. The largest absolute Gasteiger partial charge is 0.458 e. The van der Waals surface area contributed by atoms with Crippen molar-refractivity contribution >= 4 is 11.9 Å². The summed E-state index contributed by atoms with van der Waals surface area (Å²) in [6.45, 7) is 7.23. The van der Waals surface area contributed by atoms with Gasteiger partial charge in [-0.1, -0.05) is 0 Å². The Balaban J connectivity index is 1.99. The molecule has 0 aromatic rings. The third-order valence-electron chi connectivity index (χ3n) is 3.31. The zero-order valence-electron chi connectivity index (χ0n) is 12.4. The molecule has 0 radical (unpaired) electrons. The number of hydrogen-bond donors (Lipinski definition) is 0. The number of hydrogen-bond acceptors (Lipinski definition) is 5. The first kappa shape index (κ1) is 15.3. The number of likely N-dealkylation sites (tertiary alicyclic amines) is 1. The van der Waals surface area contributed by atoms with Crippen LogP contribution in [0.1, 0.15) is 33.6 Å². The first-order valence-corrected chi connectivity index (χ1v) is 7.11. The quantitative estimate of drug-likeness (QED) is 0.700. The lowest BCUT2D eigenvalue weighted by Gasteiger charge is -2.31. The monoisotopic (exact) mass is 285 g/mol. The third kappa shape index (κ3) is 3.70. The number of amides is 1. The van der Waals surface area contributed by atoms with Gasteiger partial charge >= 0.3 is 5.97 Å². The fourth-order valence-electron chi connectivity index (χ4n) is 2.46. The minimum atomic E-state index is -0.591. The zero-order valence-corrected chi connectivity index (χ0v) is 12.4. The van der Waals surface area contributed by atoms with E-state index >= 15 is 0 Å². The third-order valence-corrected chi connectivity index (χ3v) is 3.31. The van der Waals surface area contributed by atoms with Crippen molar-refractivity contribution in [3.63, 3.8) is 0 Å². The molecule has 2 rings (SSSR count). The van der Waals surface area contributed by atoms with Crippen LogP contribution in [0, 0.1) is 0 Å². The van der Waals surface area contributed by atoms with Crippen LogP contribution in [-0.4, -0.2) is 60.9 Å². The highest BCUT2D eigenvalue weighted by atomic mass is 16.6. The Morgan fingerprint density at radius 2 is 2.00 bits per heavy atom. The van der Waals surface area contributed by atoms with E-state index in [4.69, 9.17) is 14.2 Å². The van der Waals surface area contributed by atoms with Crippen LogP contribution in [0.3, 0.4) is 0 Å². The van der Waals surface area contributed by atoms with Gasteiger partial charge in [0.25, 0.3) is 5.91 Å². The van der Waals surface area contributed by atoms with Crippen molar-refractivity contribution in [2.24, 2.45) is 0 Å². The molecule has 2 saturated heterocycles. The number of nitrogens with zero attached hydrogens (tertiary/aromatic N) is 1. The molecule has 0 saturated carbocycles. The molecule has 2 heterocycles. The van der Waals surface area contributed by atoms with E-state index in [-0.39, 0.29) is 18.5 Å². The predicted molar refractivity (Wildman–Crippen MR) is 71.1 cm³/mol. The number of carbonyl (C=O) groups is 2. The molecule has 0 aliphatic carbocycles. The van der Waals surface area contributed by atoms with Crippen molar-refractivity contribution in [1.29, 1.82) is 0 Å². The second kappa shape index (κ2) is 6.10. The lowest BCUT2D eigenvalue weighted by molar-refractivity contribution is -0.170. The Kier molecular flexibility index (Phi) is 4.65. The molecule has 0 N–H and O–H groups in total. The predicted octanol–water partition coefficient (Wildman–Crippen LogP) is 0.734. The highest BCUT2D eigenvalue weighted by Crippen LogP contribution is 2.23. The SMILES string of the molecule is CC(C)(C)OC(=O)[C@H]1CCCN1C(=O)C1COCCO1. The van der Waals surface area contributed by atoms with Gasteiger partial charge in [0.1, 0.15) is 11.6 Å². The summed E-state index contributed by atoms with van der Waals surface area (Å²) in [6.07, 6.45) is 0.865. The Bertz CT molecular complexity index is 370. The van der Waals surface area contributed by atoms with Gasteiger partial charge in [-0.05, 0) is 33.6 Å². The van der Waals surface area contributed by atoms with Crippen molar-refractivity contribution in [3.05, 3.63) is 0 Å². The first-order chi connectivity index (χ1) is 9.38. The van der Waals surface area contributed by atoms with Gasteiger partial charge in [-0.25, -0.2) is 4.79 Å². The molecule has 2 aliphatic rings. The number of carbonyl (C=O) groups excluding carboxylic acids is 2. The van der Waals surface area contributed by atoms with Gasteiger partial charge in [0.2, 0.25) is 0 Å². The molecule has 0 aromatic carbocycles. The minimum absolute atomic E-state index is 0.168. The van der Waals surface area contributed by atoms with E-state index in [2.05, 4.69) is 0 Å². The molecular weight excluding hydrogens is 262 g/mol. The van der Waals surface area contributed by atoms with Crippen LogP contribution in [0.2, 0.25) is 0 Å². The lowest BCUT2D eigenvalue weighted by Crippen LogP contribution is -2.50. The summed E-state index contributed by atoms with van der Waals surface area (Å²) in [5, 5.41) is 0. The number of rotatable bonds is 2. The van der Waals surface area contributed by atoms with Crippen LogP contribution < -0.4 is 0 Å². The molecule has 6 nitrogen and oxygen atoms in total. The Morgan fingerprint density at radius 3 is 2.60 bits per heavy atom. The van der Waals surface area contributed by atoms with Crippen molar-refractivity contribution in [2.75, 3.05) is 26.4 Å². The molecule has 6 heteroatoms. The van der Waals surface area contributed by atoms with Crippen LogP contribution in [0.15, 0.2) is 0 Å². The van der Waals surface area contributed by atoms with E-state index in [1.54, 1.807) is 4.90 Å². The van der Waals surface area contributed by atoms with Crippen LogP contribution in [0.5, 0.6) is 0 Å². The van der Waals surface area contributed by atoms with Crippen molar-refractivity contribution < 1.29 is 23.8 Å². The van der Waals surface area contributed by atoms with Gasteiger partial charge in [0.15, 0.2) is 6.10 Å². The fraction of sp³-hybridized carbons (Fsp3) is 0.857. The lowest BCUT2D eigenvalue weighted by atomic mass is 10.1. The summed E-state index contributed by atoms with van der Waals surface area (Å²) in [4.78, 5) is 26.1.